The summed E-state index contributed by atoms with van der Waals surface area (Å²) in [4.78, 5) is 0. The van der Waals surface area contributed by atoms with E-state index in [-0.39, 0.29) is 27.8 Å². The molecular weight excluding hydrogens is 124 g/mol. The van der Waals surface area contributed by atoms with Crippen molar-refractivity contribution in [1.29, 1.82) is 0 Å². The molecular formula is C5H9OTi. The van der Waals surface area contributed by atoms with E-state index in [1.807, 2.05) is 0 Å². The molecule has 0 aromatic heterocycles. The Hall–Kier alpha value is 0.674. The topological polar surface area (TPSA) is 19.9 Å². The third kappa shape index (κ3) is 2.48. The summed E-state index contributed by atoms with van der Waals surface area (Å²) in [6.07, 6.45) is 4.01. The molecule has 0 spiro atoms. The molecule has 0 atom stereocenters. The van der Waals surface area contributed by atoms with E-state index < -0.39 is 0 Å². The minimum Gasteiger partial charge on any atom is -0.233 e. The molecule has 0 aromatic carbocycles. The van der Waals surface area contributed by atoms with Crippen LogP contribution in [0.15, 0.2) is 0 Å². The largest absolute Gasteiger partial charge is 0.233 e. The first kappa shape index (κ1) is 7.67. The normalized spacial score (nSPS) is 21.9. The van der Waals surface area contributed by atoms with Gasteiger partial charge in [0.1, 0.15) is 0 Å². The minimum absolute atomic E-state index is 0. The Morgan fingerprint density at radius 3 is 1.71 bits per heavy atom. The zero-order chi connectivity index (χ0) is 4.41. The van der Waals surface area contributed by atoms with Crippen molar-refractivity contribution < 1.29 is 26.8 Å². The molecule has 1 saturated carbocycles. The van der Waals surface area contributed by atoms with E-state index in [1.54, 1.807) is 0 Å². The van der Waals surface area contributed by atoms with E-state index in [9.17, 15) is 5.11 Å². The van der Waals surface area contributed by atoms with Gasteiger partial charge in [-0.1, -0.05) is 12.8 Å². The van der Waals surface area contributed by atoms with Crippen molar-refractivity contribution >= 4 is 0 Å². The zero-order valence-electron chi connectivity index (χ0n) is 4.31. The Bertz CT molecular complexity index is 41.3. The first-order chi connectivity index (χ1) is 2.89. The van der Waals surface area contributed by atoms with Gasteiger partial charge in [-0.2, -0.15) is 0 Å². The number of hydrogen-bond donors (Lipinski definition) is 0. The van der Waals surface area contributed by atoms with Crippen LogP contribution in [0.2, 0.25) is 0 Å². The summed E-state index contributed by atoms with van der Waals surface area (Å²) in [7, 11) is 0. The molecule has 7 heavy (non-hydrogen) atoms. The minimum atomic E-state index is -0.204. The summed E-state index contributed by atoms with van der Waals surface area (Å²) >= 11 is 0. The van der Waals surface area contributed by atoms with Crippen LogP contribution < -0.4 is 0 Å². The number of rotatable bonds is 0. The fraction of sp³-hybridized carbons (Fsp3) is 1.00. The van der Waals surface area contributed by atoms with Crippen molar-refractivity contribution in [3.63, 3.8) is 0 Å². The molecule has 0 N–H and O–H groups in total. The Kier molecular flexibility index (Phi) is 4.00. The fourth-order valence-electron chi connectivity index (χ4n) is 0.888. The third-order valence-electron chi connectivity index (χ3n) is 1.30. The maximum absolute atomic E-state index is 10.3. The van der Waals surface area contributed by atoms with Gasteiger partial charge in [-0.3, -0.25) is 0 Å². The standard InChI is InChI=1S/C5H9O.Ti/c6-5-3-1-2-4-5;/h5H,1-4H2;. The van der Waals surface area contributed by atoms with Crippen LogP contribution in [0.25, 0.3) is 0 Å². The van der Waals surface area contributed by atoms with E-state index >= 15 is 0 Å². The SMILES string of the molecule is [O]C1CCCC1.[Ti]. The summed E-state index contributed by atoms with van der Waals surface area (Å²) in [5.41, 5.74) is 0. The molecule has 1 rings (SSSR count). The molecule has 1 aliphatic carbocycles. The smallest absolute Gasteiger partial charge is 0.0930 e. The van der Waals surface area contributed by atoms with Gasteiger partial charge in [0.05, 0.1) is 6.10 Å². The van der Waals surface area contributed by atoms with Crippen LogP contribution in [-0.2, 0) is 26.8 Å². The van der Waals surface area contributed by atoms with Crippen molar-refractivity contribution in [3.8, 4) is 0 Å². The molecule has 0 heterocycles. The molecule has 0 bridgehead atoms. The van der Waals surface area contributed by atoms with E-state index in [1.165, 1.54) is 12.8 Å². The molecule has 1 aliphatic rings. The molecule has 0 aromatic rings. The Balaban J connectivity index is 0.000000360. The van der Waals surface area contributed by atoms with Crippen molar-refractivity contribution in [2.24, 2.45) is 0 Å². The Labute approximate surface area is 59.0 Å². The monoisotopic (exact) mass is 133 g/mol. The predicted molar refractivity (Wildman–Crippen MR) is 22.9 cm³/mol. The van der Waals surface area contributed by atoms with E-state index in [4.69, 9.17) is 0 Å². The molecule has 1 nitrogen and oxygen atoms in total. The van der Waals surface area contributed by atoms with Gasteiger partial charge in [-0.25, -0.2) is 5.11 Å². The number of hydrogen-bond acceptors (Lipinski definition) is 0. The zero-order valence-corrected chi connectivity index (χ0v) is 5.88. The summed E-state index contributed by atoms with van der Waals surface area (Å²) in [6, 6.07) is 0. The molecule has 1 radical (unpaired) electrons. The Morgan fingerprint density at radius 2 is 1.57 bits per heavy atom. The van der Waals surface area contributed by atoms with Crippen LogP contribution in [0.4, 0.5) is 0 Å². The predicted octanol–water partition coefficient (Wildman–Crippen LogP) is 1.36. The molecule has 2 heteroatoms. The van der Waals surface area contributed by atoms with Crippen LogP contribution in [0.5, 0.6) is 0 Å². The van der Waals surface area contributed by atoms with Gasteiger partial charge in [0, 0.05) is 21.7 Å². The maximum atomic E-state index is 10.3. The summed E-state index contributed by atoms with van der Waals surface area (Å²) in [6.45, 7) is 0. The molecule has 0 aliphatic heterocycles. The van der Waals surface area contributed by atoms with Crippen LogP contribution >= 0.6 is 0 Å². The fourth-order valence-corrected chi connectivity index (χ4v) is 0.888. The second-order valence-electron chi connectivity index (χ2n) is 1.91. The van der Waals surface area contributed by atoms with Crippen molar-refractivity contribution in [2.75, 3.05) is 0 Å². The Morgan fingerprint density at radius 1 is 1.14 bits per heavy atom. The molecule has 0 saturated heterocycles. The molecule has 0 amide bonds. The van der Waals surface area contributed by atoms with Crippen molar-refractivity contribution in [3.05, 3.63) is 0 Å². The van der Waals surface area contributed by atoms with Gasteiger partial charge in [-0.15, -0.1) is 0 Å². The summed E-state index contributed by atoms with van der Waals surface area (Å²) < 4.78 is 0. The van der Waals surface area contributed by atoms with Gasteiger partial charge < -0.3 is 0 Å². The first-order valence-electron chi connectivity index (χ1n) is 2.55. The second kappa shape index (κ2) is 3.65. The van der Waals surface area contributed by atoms with Crippen LogP contribution in [0.3, 0.4) is 0 Å². The van der Waals surface area contributed by atoms with Crippen LogP contribution in [0.1, 0.15) is 25.7 Å². The van der Waals surface area contributed by atoms with Crippen molar-refractivity contribution in [2.45, 2.75) is 31.8 Å². The molecule has 39 valence electrons. The summed E-state index contributed by atoms with van der Waals surface area (Å²) in [5.74, 6) is 0. The van der Waals surface area contributed by atoms with Gasteiger partial charge >= 0.3 is 0 Å². The van der Waals surface area contributed by atoms with Crippen molar-refractivity contribution in [1.82, 2.24) is 0 Å². The average Bonchev–Trinajstić information content (AvgIpc) is 1.86. The third-order valence-corrected chi connectivity index (χ3v) is 1.30. The summed E-state index contributed by atoms with van der Waals surface area (Å²) in [5, 5.41) is 10.3. The quantitative estimate of drug-likeness (QED) is 0.444. The maximum Gasteiger partial charge on any atom is 0.0930 e. The van der Waals surface area contributed by atoms with Crippen LogP contribution in [0, 0.1) is 0 Å². The average molecular weight is 133 g/mol. The second-order valence-corrected chi connectivity index (χ2v) is 1.91. The van der Waals surface area contributed by atoms with E-state index in [0.717, 1.165) is 12.8 Å². The molecule has 1 fully saturated rings. The molecule has 0 unspecified atom stereocenters. The van der Waals surface area contributed by atoms with Gasteiger partial charge in [0.25, 0.3) is 0 Å². The van der Waals surface area contributed by atoms with E-state index in [0.29, 0.717) is 0 Å². The van der Waals surface area contributed by atoms with Crippen LogP contribution in [-0.4, -0.2) is 6.10 Å². The van der Waals surface area contributed by atoms with E-state index in [2.05, 4.69) is 0 Å². The van der Waals surface area contributed by atoms with Gasteiger partial charge in [-0.05, 0) is 12.8 Å². The van der Waals surface area contributed by atoms with Gasteiger partial charge in [0.2, 0.25) is 0 Å². The van der Waals surface area contributed by atoms with Gasteiger partial charge in [0.15, 0.2) is 0 Å². The first-order valence-corrected chi connectivity index (χ1v) is 2.55.